The zero-order valence-corrected chi connectivity index (χ0v) is 12.1. The first kappa shape index (κ1) is 15.1. The molecule has 5 heteroatoms. The van der Waals surface area contributed by atoms with Crippen molar-refractivity contribution in [3.05, 3.63) is 53.6 Å². The van der Waals surface area contributed by atoms with E-state index in [1.807, 2.05) is 44.2 Å². The lowest BCUT2D eigenvalue weighted by Crippen LogP contribution is -2.05. The van der Waals surface area contributed by atoms with Crippen LogP contribution in [0.4, 0.5) is 0 Å². The van der Waals surface area contributed by atoms with Crippen molar-refractivity contribution in [3.8, 4) is 11.5 Å². The molecule has 0 saturated heterocycles. The van der Waals surface area contributed by atoms with Gasteiger partial charge < -0.3 is 14.6 Å². The first-order chi connectivity index (χ1) is 10.1. The van der Waals surface area contributed by atoms with E-state index < -0.39 is 0 Å². The fourth-order valence-electron chi connectivity index (χ4n) is 2.02. The second-order valence-corrected chi connectivity index (χ2v) is 4.77. The second-order valence-electron chi connectivity index (χ2n) is 4.77. The van der Waals surface area contributed by atoms with Gasteiger partial charge in [0.15, 0.2) is 0 Å². The highest BCUT2D eigenvalue weighted by molar-refractivity contribution is 6.32. The van der Waals surface area contributed by atoms with Crippen LogP contribution in [0, 0.1) is 0 Å². The fraction of sp³-hybridized carbons (Fsp3) is 0.188. The van der Waals surface area contributed by atoms with Crippen LogP contribution >= 0.6 is 0 Å². The van der Waals surface area contributed by atoms with Gasteiger partial charge in [0.05, 0.1) is 20.1 Å². The third-order valence-corrected chi connectivity index (χ3v) is 3.09. The summed E-state index contributed by atoms with van der Waals surface area (Å²) in [6, 6.07) is 12.9. The Balaban J connectivity index is 2.20. The van der Waals surface area contributed by atoms with Crippen LogP contribution in [-0.4, -0.2) is 26.0 Å². The minimum absolute atomic E-state index is 0.0845. The lowest BCUT2D eigenvalue weighted by Gasteiger charge is -2.11. The number of carbonyl (C=O) groups excluding carboxylic acids is 1. The summed E-state index contributed by atoms with van der Waals surface area (Å²) in [5.41, 5.74) is 2.61. The predicted octanol–water partition coefficient (Wildman–Crippen LogP) is 0.945. The van der Waals surface area contributed by atoms with Crippen LogP contribution in [0.3, 0.4) is 0 Å². The van der Waals surface area contributed by atoms with Crippen molar-refractivity contribution in [2.24, 2.45) is 0 Å². The van der Waals surface area contributed by atoms with Gasteiger partial charge >= 0.3 is 5.97 Å². The molecule has 0 amide bonds. The maximum absolute atomic E-state index is 11.3. The van der Waals surface area contributed by atoms with Crippen molar-refractivity contribution in [2.45, 2.75) is 13.0 Å². The number of rotatable bonds is 5. The number of carbonyl (C=O) groups is 1. The summed E-state index contributed by atoms with van der Waals surface area (Å²) in [5, 5.41) is 9.39. The number of hydrogen-bond donors (Lipinski definition) is 1. The number of ether oxygens (including phenoxy) is 2. The maximum Gasteiger partial charge on any atom is 0.309 e. The molecule has 0 aromatic heterocycles. The SMILES string of the molecule is Bc1ccc(Oc2cccc(CC(=O)OC)c2)c(CO)c1. The van der Waals surface area contributed by atoms with E-state index in [1.165, 1.54) is 7.11 Å². The van der Waals surface area contributed by atoms with Crippen molar-refractivity contribution in [1.82, 2.24) is 0 Å². The molecule has 0 heterocycles. The van der Waals surface area contributed by atoms with Crippen molar-refractivity contribution >= 4 is 19.3 Å². The maximum atomic E-state index is 11.3. The van der Waals surface area contributed by atoms with Gasteiger partial charge in [0, 0.05) is 5.56 Å². The minimum atomic E-state index is -0.293. The van der Waals surface area contributed by atoms with E-state index in [0.29, 0.717) is 11.5 Å². The molecule has 1 N–H and O–H groups in total. The molecular weight excluding hydrogens is 267 g/mol. The zero-order chi connectivity index (χ0) is 15.2. The standard InChI is InChI=1S/C16H17BO4/c1-20-16(19)8-11-3-2-4-14(7-11)21-15-6-5-13(17)9-12(15)10-18/h2-7,9,18H,8,10,17H2,1H3. The molecule has 0 atom stereocenters. The van der Waals surface area contributed by atoms with E-state index in [1.54, 1.807) is 6.07 Å². The average molecular weight is 284 g/mol. The number of methoxy groups -OCH3 is 1. The van der Waals surface area contributed by atoms with Crippen LogP contribution in [0.2, 0.25) is 0 Å². The molecule has 0 aliphatic carbocycles. The second kappa shape index (κ2) is 6.95. The molecule has 4 nitrogen and oxygen atoms in total. The summed E-state index contributed by atoms with van der Waals surface area (Å²) in [4.78, 5) is 11.3. The number of aliphatic hydroxyl groups excluding tert-OH is 1. The van der Waals surface area contributed by atoms with E-state index in [0.717, 1.165) is 16.6 Å². The molecule has 2 aromatic carbocycles. The summed E-state index contributed by atoms with van der Waals surface area (Å²) < 4.78 is 10.4. The Hall–Kier alpha value is -2.27. The molecule has 0 spiro atoms. The van der Waals surface area contributed by atoms with Gasteiger partial charge in [-0.3, -0.25) is 4.79 Å². The topological polar surface area (TPSA) is 55.8 Å². The molecule has 2 rings (SSSR count). The normalized spacial score (nSPS) is 10.2. The molecule has 2 aromatic rings. The van der Waals surface area contributed by atoms with Crippen molar-refractivity contribution < 1.29 is 19.4 Å². The highest BCUT2D eigenvalue weighted by Gasteiger charge is 2.07. The van der Waals surface area contributed by atoms with Crippen LogP contribution < -0.4 is 10.2 Å². The molecule has 0 fully saturated rings. The quantitative estimate of drug-likeness (QED) is 0.656. The smallest absolute Gasteiger partial charge is 0.309 e. The summed E-state index contributed by atoms with van der Waals surface area (Å²) in [5.74, 6) is 0.937. The Labute approximate surface area is 124 Å². The Morgan fingerprint density at radius 1 is 1.24 bits per heavy atom. The highest BCUT2D eigenvalue weighted by Crippen LogP contribution is 2.25. The van der Waals surface area contributed by atoms with Crippen LogP contribution in [0.5, 0.6) is 11.5 Å². The van der Waals surface area contributed by atoms with Gasteiger partial charge in [-0.05, 0) is 23.8 Å². The summed E-state index contributed by atoms with van der Waals surface area (Å²) >= 11 is 0. The molecule has 108 valence electrons. The van der Waals surface area contributed by atoms with Gasteiger partial charge in [-0.15, -0.1) is 0 Å². The molecule has 0 unspecified atom stereocenters. The Kier molecular flexibility index (Phi) is 5.01. The van der Waals surface area contributed by atoms with Crippen molar-refractivity contribution in [2.75, 3.05) is 7.11 Å². The monoisotopic (exact) mass is 284 g/mol. The molecular formula is C16H17BO4. The minimum Gasteiger partial charge on any atom is -0.469 e. The van der Waals surface area contributed by atoms with E-state index >= 15 is 0 Å². The molecule has 0 bridgehead atoms. The van der Waals surface area contributed by atoms with E-state index in [-0.39, 0.29) is 19.0 Å². The van der Waals surface area contributed by atoms with Gasteiger partial charge in [0.1, 0.15) is 19.3 Å². The predicted molar refractivity (Wildman–Crippen MR) is 82.8 cm³/mol. The molecule has 0 saturated carbocycles. The Bertz CT molecular complexity index is 640. The van der Waals surface area contributed by atoms with E-state index in [2.05, 4.69) is 4.74 Å². The molecule has 21 heavy (non-hydrogen) atoms. The van der Waals surface area contributed by atoms with Crippen LogP contribution in [0.1, 0.15) is 11.1 Å². The lowest BCUT2D eigenvalue weighted by atomic mass is 9.94. The number of hydrogen-bond acceptors (Lipinski definition) is 4. The van der Waals surface area contributed by atoms with Gasteiger partial charge in [-0.1, -0.05) is 29.7 Å². The molecule has 0 aliphatic heterocycles. The third-order valence-electron chi connectivity index (χ3n) is 3.09. The number of esters is 1. The first-order valence-electron chi connectivity index (χ1n) is 6.66. The van der Waals surface area contributed by atoms with Crippen molar-refractivity contribution in [1.29, 1.82) is 0 Å². The highest BCUT2D eigenvalue weighted by atomic mass is 16.5. The zero-order valence-electron chi connectivity index (χ0n) is 12.1. The Morgan fingerprint density at radius 3 is 2.76 bits per heavy atom. The van der Waals surface area contributed by atoms with Gasteiger partial charge in [-0.25, -0.2) is 0 Å². The summed E-state index contributed by atoms with van der Waals surface area (Å²) in [6.45, 7) is -0.0845. The van der Waals surface area contributed by atoms with Gasteiger partial charge in [0.25, 0.3) is 0 Å². The summed E-state index contributed by atoms with van der Waals surface area (Å²) in [7, 11) is 3.32. The van der Waals surface area contributed by atoms with Gasteiger partial charge in [-0.2, -0.15) is 0 Å². The summed E-state index contributed by atoms with van der Waals surface area (Å²) in [6.07, 6.45) is 0.203. The van der Waals surface area contributed by atoms with Crippen LogP contribution in [0.25, 0.3) is 0 Å². The van der Waals surface area contributed by atoms with Crippen molar-refractivity contribution in [3.63, 3.8) is 0 Å². The fourth-order valence-corrected chi connectivity index (χ4v) is 2.02. The number of aliphatic hydroxyl groups is 1. The molecule has 0 aliphatic rings. The van der Waals surface area contributed by atoms with E-state index in [9.17, 15) is 9.90 Å². The largest absolute Gasteiger partial charge is 0.469 e. The lowest BCUT2D eigenvalue weighted by molar-refractivity contribution is -0.139. The Morgan fingerprint density at radius 2 is 2.05 bits per heavy atom. The average Bonchev–Trinajstić information content (AvgIpc) is 2.49. The third kappa shape index (κ3) is 4.10. The van der Waals surface area contributed by atoms with E-state index in [4.69, 9.17) is 4.74 Å². The first-order valence-corrected chi connectivity index (χ1v) is 6.66. The molecule has 0 radical (unpaired) electrons. The van der Waals surface area contributed by atoms with Gasteiger partial charge in [0.2, 0.25) is 0 Å². The van der Waals surface area contributed by atoms with Crippen LogP contribution in [-0.2, 0) is 22.6 Å². The van der Waals surface area contributed by atoms with Crippen LogP contribution in [0.15, 0.2) is 42.5 Å². The number of benzene rings is 2.